The number of carbonyl (C=O) groups is 6. The van der Waals surface area contributed by atoms with Crippen LogP contribution in [0, 0.1) is 34.0 Å². The fourth-order valence-electron chi connectivity index (χ4n) is 9.84. The summed E-state index contributed by atoms with van der Waals surface area (Å²) >= 11 is 0. The zero-order chi connectivity index (χ0) is 34.9. The summed E-state index contributed by atoms with van der Waals surface area (Å²) in [6.07, 6.45) is -4.15. The first kappa shape index (κ1) is 34.5. The first-order valence-corrected chi connectivity index (χ1v) is 15.9. The number of benzene rings is 1. The van der Waals surface area contributed by atoms with Crippen molar-refractivity contribution in [2.24, 2.45) is 34.0 Å². The van der Waals surface area contributed by atoms with E-state index in [1.54, 1.807) is 25.1 Å². The molecule has 0 heterocycles. The minimum Gasteiger partial charge on any atom is -0.465 e. The number of ether oxygens (including phenoxy) is 5. The van der Waals surface area contributed by atoms with E-state index < -0.39 is 93.4 Å². The van der Waals surface area contributed by atoms with Crippen LogP contribution < -0.4 is 0 Å². The van der Waals surface area contributed by atoms with Crippen LogP contribution in [0.4, 0.5) is 0 Å². The predicted octanol–water partition coefficient (Wildman–Crippen LogP) is 3.35. The van der Waals surface area contributed by atoms with E-state index in [-0.39, 0.29) is 30.8 Å². The molecule has 4 fully saturated rings. The van der Waals surface area contributed by atoms with E-state index in [1.165, 1.54) is 46.8 Å². The summed E-state index contributed by atoms with van der Waals surface area (Å²) in [6, 6.07) is 8.06. The van der Waals surface area contributed by atoms with Gasteiger partial charge in [0.2, 0.25) is 0 Å². The Bertz CT molecular complexity index is 1500. The number of Topliss-reactive ketones (excluding diaryl/α,β-unsaturated/α-hetero) is 1. The van der Waals surface area contributed by atoms with Gasteiger partial charge in [-0.25, -0.2) is 4.79 Å². The number of hydrogen-bond donors (Lipinski definition) is 1. The molecule has 1 N–H and O–H groups in total. The van der Waals surface area contributed by atoms with E-state index in [0.717, 1.165) is 0 Å². The molecule has 0 aliphatic heterocycles. The molecule has 10 atom stereocenters. The Labute approximate surface area is 273 Å². The molecule has 4 saturated carbocycles. The van der Waals surface area contributed by atoms with Gasteiger partial charge in [-0.15, -0.1) is 0 Å². The van der Waals surface area contributed by atoms with Crippen LogP contribution in [0.1, 0.15) is 85.0 Å². The van der Waals surface area contributed by atoms with Gasteiger partial charge in [-0.2, -0.15) is 0 Å². The van der Waals surface area contributed by atoms with Crippen molar-refractivity contribution in [3.05, 3.63) is 35.9 Å². The lowest BCUT2D eigenvalue weighted by Gasteiger charge is -2.62. The second-order valence-corrected chi connectivity index (χ2v) is 14.9. The van der Waals surface area contributed by atoms with Crippen molar-refractivity contribution in [2.75, 3.05) is 6.61 Å². The molecule has 0 unspecified atom stereocenters. The second-order valence-electron chi connectivity index (χ2n) is 14.9. The van der Waals surface area contributed by atoms with E-state index in [1.807, 2.05) is 13.8 Å². The standard InChI is InChI=1S/C35H44O12/c1-18(36)43-17-34-14-23-24(15-31(5,6)26(23)40)33(34,8)30(45-20(3)38)35(42)16-32(7,47-21(4)39)27(25(35)28(34)44-19(2)37)46-29(41)22-12-10-9-11-13-22/h9-13,23-25,27-28,30,42H,14-17H2,1-8H3/t23-,24+,25+,27-,28+,30-,32+,33+,34+,35-/m0/s1. The van der Waals surface area contributed by atoms with Crippen molar-refractivity contribution < 1.29 is 57.6 Å². The van der Waals surface area contributed by atoms with Crippen LogP contribution in [0.3, 0.4) is 0 Å². The number of aliphatic hydroxyl groups is 1. The van der Waals surface area contributed by atoms with Crippen molar-refractivity contribution in [1.29, 1.82) is 0 Å². The lowest BCUT2D eigenvalue weighted by atomic mass is 9.46. The van der Waals surface area contributed by atoms with Crippen molar-refractivity contribution in [3.63, 3.8) is 0 Å². The van der Waals surface area contributed by atoms with Gasteiger partial charge in [0.1, 0.15) is 35.8 Å². The van der Waals surface area contributed by atoms with Gasteiger partial charge in [-0.3, -0.25) is 24.0 Å². The molecule has 1 aromatic rings. The summed E-state index contributed by atoms with van der Waals surface area (Å²) in [6.45, 7) is 11.4. The van der Waals surface area contributed by atoms with Crippen LogP contribution >= 0.6 is 0 Å². The van der Waals surface area contributed by atoms with Gasteiger partial charge < -0.3 is 28.8 Å². The molecule has 47 heavy (non-hydrogen) atoms. The summed E-state index contributed by atoms with van der Waals surface area (Å²) in [7, 11) is 0. The maximum absolute atomic E-state index is 13.9. The first-order chi connectivity index (χ1) is 21.7. The van der Waals surface area contributed by atoms with Crippen molar-refractivity contribution in [1.82, 2.24) is 0 Å². The van der Waals surface area contributed by atoms with Crippen LogP contribution in [0.5, 0.6) is 0 Å². The van der Waals surface area contributed by atoms with Crippen molar-refractivity contribution in [2.45, 2.75) is 104 Å². The van der Waals surface area contributed by atoms with Gasteiger partial charge in [0.15, 0.2) is 6.10 Å². The minimum absolute atomic E-state index is 0.0440. The molecule has 1 aromatic carbocycles. The zero-order valence-electron chi connectivity index (χ0n) is 28.1. The fraction of sp³-hybridized carbons (Fsp3) is 0.657. The third kappa shape index (κ3) is 5.23. The van der Waals surface area contributed by atoms with Crippen LogP contribution in [0.2, 0.25) is 0 Å². The highest BCUT2D eigenvalue weighted by atomic mass is 16.6. The maximum Gasteiger partial charge on any atom is 0.338 e. The number of fused-ring (bicyclic) bond motifs is 4. The van der Waals surface area contributed by atoms with Crippen LogP contribution in [0.15, 0.2) is 30.3 Å². The largest absolute Gasteiger partial charge is 0.465 e. The summed E-state index contributed by atoms with van der Waals surface area (Å²) < 4.78 is 29.9. The zero-order valence-corrected chi connectivity index (χ0v) is 28.1. The smallest absolute Gasteiger partial charge is 0.338 e. The summed E-state index contributed by atoms with van der Waals surface area (Å²) in [4.78, 5) is 78.5. The lowest BCUT2D eigenvalue weighted by Crippen LogP contribution is -2.74. The Kier molecular flexibility index (Phi) is 8.39. The van der Waals surface area contributed by atoms with E-state index >= 15 is 0 Å². The summed E-state index contributed by atoms with van der Waals surface area (Å²) in [5, 5.41) is 13.1. The molecular formula is C35H44O12. The molecule has 0 saturated heterocycles. The topological polar surface area (TPSA) is 169 Å². The van der Waals surface area contributed by atoms with Crippen LogP contribution in [-0.2, 0) is 47.7 Å². The van der Waals surface area contributed by atoms with E-state index in [4.69, 9.17) is 23.7 Å². The van der Waals surface area contributed by atoms with Gasteiger partial charge in [-0.05, 0) is 37.8 Å². The number of carbonyl (C=O) groups excluding carboxylic acids is 6. The minimum atomic E-state index is -2.13. The van der Waals surface area contributed by atoms with Crippen LogP contribution in [-0.4, -0.2) is 76.9 Å². The average molecular weight is 657 g/mol. The van der Waals surface area contributed by atoms with E-state index in [2.05, 4.69) is 0 Å². The molecule has 0 bridgehead atoms. The Hall–Kier alpha value is -3.80. The van der Waals surface area contributed by atoms with Gasteiger partial charge >= 0.3 is 29.8 Å². The molecule has 0 aromatic heterocycles. The fourth-order valence-corrected chi connectivity index (χ4v) is 9.84. The Morgan fingerprint density at radius 3 is 1.98 bits per heavy atom. The summed E-state index contributed by atoms with van der Waals surface area (Å²) in [5.74, 6) is -6.17. The SMILES string of the molecule is CC(=O)OC[C@@]12C[C@@H]3C(=O)C(C)(C)C[C@H]3[C@]1(C)[C@H](OC(C)=O)[C@]1(O)C[C@@](C)(OC(C)=O)[C@@H](OC(=O)c3ccccc3)[C@@H]1[C@H]2OC(C)=O. The normalized spacial score (nSPS) is 39.6. The van der Waals surface area contributed by atoms with Gasteiger partial charge in [-0.1, -0.05) is 39.0 Å². The molecule has 5 rings (SSSR count). The van der Waals surface area contributed by atoms with E-state index in [9.17, 15) is 33.9 Å². The van der Waals surface area contributed by atoms with Gasteiger partial charge in [0.25, 0.3) is 0 Å². The molecule has 12 heteroatoms. The Morgan fingerprint density at radius 2 is 1.43 bits per heavy atom. The third-order valence-corrected chi connectivity index (χ3v) is 11.4. The molecule has 0 spiro atoms. The quantitative estimate of drug-likeness (QED) is 0.336. The van der Waals surface area contributed by atoms with Crippen molar-refractivity contribution in [3.8, 4) is 0 Å². The highest BCUT2D eigenvalue weighted by Gasteiger charge is 2.85. The monoisotopic (exact) mass is 656 g/mol. The molecule has 0 radical (unpaired) electrons. The van der Waals surface area contributed by atoms with Gasteiger partial charge in [0, 0.05) is 50.9 Å². The Balaban J connectivity index is 1.80. The molecular weight excluding hydrogens is 612 g/mol. The number of ketones is 1. The maximum atomic E-state index is 13.9. The molecule has 4 aliphatic carbocycles. The van der Waals surface area contributed by atoms with Crippen LogP contribution in [0.25, 0.3) is 0 Å². The third-order valence-electron chi connectivity index (χ3n) is 11.4. The molecule has 4 aliphatic rings. The van der Waals surface area contributed by atoms with Crippen molar-refractivity contribution >= 4 is 35.6 Å². The number of hydrogen-bond acceptors (Lipinski definition) is 12. The Morgan fingerprint density at radius 1 is 0.809 bits per heavy atom. The second kappa shape index (κ2) is 11.4. The summed E-state index contributed by atoms with van der Waals surface area (Å²) in [5.41, 5.74) is -7.15. The number of rotatable bonds is 7. The first-order valence-electron chi connectivity index (χ1n) is 15.9. The molecule has 0 amide bonds. The number of esters is 5. The molecule has 256 valence electrons. The predicted molar refractivity (Wildman–Crippen MR) is 162 cm³/mol. The molecule has 12 nitrogen and oxygen atoms in total. The average Bonchev–Trinajstić information content (AvgIpc) is 3.43. The van der Waals surface area contributed by atoms with Gasteiger partial charge in [0.05, 0.1) is 16.9 Å². The highest BCUT2D eigenvalue weighted by molar-refractivity contribution is 5.90. The van der Waals surface area contributed by atoms with E-state index in [0.29, 0.717) is 6.42 Å². The highest BCUT2D eigenvalue weighted by Crippen LogP contribution is 2.76. The lowest BCUT2D eigenvalue weighted by molar-refractivity contribution is -0.295.